The summed E-state index contributed by atoms with van der Waals surface area (Å²) in [5.74, 6) is 4.08. The molecule has 4 aliphatic carbocycles. The number of hydrogen-bond donors (Lipinski definition) is 1. The van der Waals surface area contributed by atoms with Crippen LogP contribution in [0.25, 0.3) is 0 Å². The predicted octanol–water partition coefficient (Wildman–Crippen LogP) is 7.69. The molecule has 34 heavy (non-hydrogen) atoms. The van der Waals surface area contributed by atoms with Gasteiger partial charge in [0.15, 0.2) is 0 Å². The van der Waals surface area contributed by atoms with Crippen LogP contribution in [-0.4, -0.2) is 15.7 Å². The van der Waals surface area contributed by atoms with Gasteiger partial charge in [-0.25, -0.2) is 0 Å². The van der Waals surface area contributed by atoms with Crippen molar-refractivity contribution in [2.24, 2.45) is 46.3 Å². The van der Waals surface area contributed by atoms with Gasteiger partial charge >= 0.3 is 6.18 Å². The number of aliphatic hydroxyl groups is 1. The largest absolute Gasteiger partial charge is 0.433 e. The first-order valence-electron chi connectivity index (χ1n) is 13.6. The molecule has 4 fully saturated rings. The SMILES string of the molecule is C[C@H](Cc1ccc(C(F)(F)F)nc1)[C@H]1CC[C@H]2C3CC[C@@H]4C[C@](C)(O)CC[C@]4(C)[C@H]3CC[C@]12C. The first kappa shape index (κ1) is 24.6. The van der Waals surface area contributed by atoms with Crippen molar-refractivity contribution in [3.63, 3.8) is 0 Å². The Morgan fingerprint density at radius 3 is 2.38 bits per heavy atom. The van der Waals surface area contributed by atoms with E-state index in [1.54, 1.807) is 6.07 Å². The van der Waals surface area contributed by atoms with E-state index in [2.05, 4.69) is 25.8 Å². The molecule has 0 aliphatic heterocycles. The highest BCUT2D eigenvalue weighted by molar-refractivity contribution is 5.17. The second-order valence-corrected chi connectivity index (χ2v) is 13.3. The number of rotatable bonds is 3. The van der Waals surface area contributed by atoms with Crippen molar-refractivity contribution in [3.8, 4) is 0 Å². The number of alkyl halides is 3. The van der Waals surface area contributed by atoms with Gasteiger partial charge in [0.05, 0.1) is 5.60 Å². The number of pyridine rings is 1. The summed E-state index contributed by atoms with van der Waals surface area (Å²) in [5.41, 5.74) is 0.346. The first-order valence-corrected chi connectivity index (χ1v) is 13.6. The van der Waals surface area contributed by atoms with E-state index < -0.39 is 17.5 Å². The molecule has 0 amide bonds. The highest BCUT2D eigenvalue weighted by atomic mass is 19.4. The Bertz CT molecular complexity index is 896. The van der Waals surface area contributed by atoms with Gasteiger partial charge in [0.2, 0.25) is 0 Å². The third kappa shape index (κ3) is 4.02. The molecular formula is C29H42F3NO. The fourth-order valence-electron chi connectivity index (χ4n) is 9.63. The summed E-state index contributed by atoms with van der Waals surface area (Å²) in [6.07, 6.45) is 8.63. The highest BCUT2D eigenvalue weighted by Gasteiger charge is 2.61. The predicted molar refractivity (Wildman–Crippen MR) is 128 cm³/mol. The number of nitrogens with zero attached hydrogens (tertiary/aromatic N) is 1. The van der Waals surface area contributed by atoms with Crippen LogP contribution in [-0.2, 0) is 12.6 Å². The molecule has 0 bridgehead atoms. The zero-order valence-electron chi connectivity index (χ0n) is 21.3. The minimum Gasteiger partial charge on any atom is -0.390 e. The van der Waals surface area contributed by atoms with E-state index in [0.717, 1.165) is 55.1 Å². The third-order valence-corrected chi connectivity index (χ3v) is 11.4. The normalized spacial score (nSPS) is 45.2. The van der Waals surface area contributed by atoms with Crippen LogP contribution in [0.15, 0.2) is 18.3 Å². The summed E-state index contributed by atoms with van der Waals surface area (Å²) in [5, 5.41) is 10.7. The van der Waals surface area contributed by atoms with Crippen LogP contribution in [0.3, 0.4) is 0 Å². The van der Waals surface area contributed by atoms with Crippen molar-refractivity contribution in [1.29, 1.82) is 0 Å². The van der Waals surface area contributed by atoms with Crippen LogP contribution >= 0.6 is 0 Å². The molecule has 9 atom stereocenters. The maximum absolute atomic E-state index is 12.9. The molecular weight excluding hydrogens is 435 g/mol. The van der Waals surface area contributed by atoms with Crippen LogP contribution in [0, 0.1) is 46.3 Å². The number of fused-ring (bicyclic) bond motifs is 5. The van der Waals surface area contributed by atoms with Crippen molar-refractivity contribution in [1.82, 2.24) is 4.98 Å². The number of hydrogen-bond acceptors (Lipinski definition) is 2. The molecule has 0 spiro atoms. The van der Waals surface area contributed by atoms with Crippen LogP contribution in [0.2, 0.25) is 0 Å². The lowest BCUT2D eigenvalue weighted by atomic mass is 9.43. The second-order valence-electron chi connectivity index (χ2n) is 13.3. The lowest BCUT2D eigenvalue weighted by Gasteiger charge is -2.62. The molecule has 2 nitrogen and oxygen atoms in total. The lowest BCUT2D eigenvalue weighted by molar-refractivity contribution is -0.147. The summed E-state index contributed by atoms with van der Waals surface area (Å²) in [6.45, 7) is 9.42. The molecule has 5 heteroatoms. The van der Waals surface area contributed by atoms with Gasteiger partial charge in [-0.15, -0.1) is 0 Å². The smallest absolute Gasteiger partial charge is 0.390 e. The fraction of sp³-hybridized carbons (Fsp3) is 0.828. The molecule has 1 aromatic heterocycles. The van der Waals surface area contributed by atoms with Crippen LogP contribution in [0.4, 0.5) is 13.2 Å². The monoisotopic (exact) mass is 477 g/mol. The van der Waals surface area contributed by atoms with E-state index in [0.29, 0.717) is 28.6 Å². The minimum absolute atomic E-state index is 0.337. The van der Waals surface area contributed by atoms with Crippen molar-refractivity contribution >= 4 is 0 Å². The third-order valence-electron chi connectivity index (χ3n) is 11.4. The Kier molecular flexibility index (Phi) is 5.94. The van der Waals surface area contributed by atoms with Crippen molar-refractivity contribution in [3.05, 3.63) is 29.6 Å². The Hall–Kier alpha value is -1.10. The maximum Gasteiger partial charge on any atom is 0.433 e. The standard InChI is InChI=1S/C29H42F3NO/c1-18(15-19-5-10-25(33-17-19)29(30,31)32)22-8-9-23-21-7-6-20-16-26(2,34)13-14-27(20,3)24(21)11-12-28(22,23)4/h5,10,17-18,20-24,34H,6-9,11-16H2,1-4H3/t18-,20-,21?,22-,23+,24+,26-,27+,28-/m1/s1. The van der Waals surface area contributed by atoms with Gasteiger partial charge in [-0.2, -0.15) is 13.2 Å². The van der Waals surface area contributed by atoms with Crippen LogP contribution in [0.1, 0.15) is 96.7 Å². The average Bonchev–Trinajstić information content (AvgIpc) is 3.11. The van der Waals surface area contributed by atoms with Crippen LogP contribution < -0.4 is 0 Å². The molecule has 0 aromatic carbocycles. The molecule has 4 aliphatic rings. The zero-order valence-corrected chi connectivity index (χ0v) is 21.3. The molecule has 1 unspecified atom stereocenters. The van der Waals surface area contributed by atoms with E-state index in [4.69, 9.17) is 0 Å². The summed E-state index contributed by atoms with van der Waals surface area (Å²) in [6, 6.07) is 2.76. The summed E-state index contributed by atoms with van der Waals surface area (Å²) < 4.78 is 38.7. The Morgan fingerprint density at radius 2 is 1.71 bits per heavy atom. The summed E-state index contributed by atoms with van der Waals surface area (Å²) in [7, 11) is 0. The average molecular weight is 478 g/mol. The van der Waals surface area contributed by atoms with Crippen molar-refractivity contribution in [2.75, 3.05) is 0 Å². The first-order chi connectivity index (χ1) is 15.8. The van der Waals surface area contributed by atoms with Gasteiger partial charge in [-0.1, -0.05) is 26.8 Å². The lowest BCUT2D eigenvalue weighted by Crippen LogP contribution is -2.55. The molecule has 0 radical (unpaired) electrons. The van der Waals surface area contributed by atoms with Gasteiger partial charge in [0.25, 0.3) is 0 Å². The maximum atomic E-state index is 12.9. The quantitative estimate of drug-likeness (QED) is 0.484. The molecule has 1 heterocycles. The molecule has 190 valence electrons. The zero-order chi connectivity index (χ0) is 24.5. The van der Waals surface area contributed by atoms with Gasteiger partial charge in [0.1, 0.15) is 5.69 Å². The highest BCUT2D eigenvalue weighted by Crippen LogP contribution is 2.68. The van der Waals surface area contributed by atoms with Crippen molar-refractivity contribution < 1.29 is 18.3 Å². The Balaban J connectivity index is 1.30. The van der Waals surface area contributed by atoms with Crippen LogP contribution in [0.5, 0.6) is 0 Å². The van der Waals surface area contributed by atoms with E-state index >= 15 is 0 Å². The number of aromatic nitrogens is 1. The van der Waals surface area contributed by atoms with E-state index in [-0.39, 0.29) is 0 Å². The summed E-state index contributed by atoms with van der Waals surface area (Å²) >= 11 is 0. The Labute approximate surface area is 203 Å². The fourth-order valence-corrected chi connectivity index (χ4v) is 9.63. The summed E-state index contributed by atoms with van der Waals surface area (Å²) in [4.78, 5) is 3.70. The van der Waals surface area contributed by atoms with E-state index in [1.807, 2.05) is 6.92 Å². The number of halogens is 3. The van der Waals surface area contributed by atoms with Gasteiger partial charge < -0.3 is 5.11 Å². The van der Waals surface area contributed by atoms with Gasteiger partial charge in [0, 0.05) is 6.20 Å². The molecule has 0 saturated heterocycles. The molecule has 5 rings (SSSR count). The van der Waals surface area contributed by atoms with Gasteiger partial charge in [-0.05, 0) is 129 Å². The Morgan fingerprint density at radius 1 is 0.971 bits per heavy atom. The van der Waals surface area contributed by atoms with E-state index in [9.17, 15) is 18.3 Å². The van der Waals surface area contributed by atoms with Gasteiger partial charge in [-0.3, -0.25) is 4.98 Å². The molecule has 1 aromatic rings. The van der Waals surface area contributed by atoms with E-state index in [1.165, 1.54) is 44.7 Å². The van der Waals surface area contributed by atoms with Crippen molar-refractivity contribution in [2.45, 2.75) is 104 Å². The minimum atomic E-state index is -4.38. The second kappa shape index (κ2) is 8.21. The topological polar surface area (TPSA) is 33.1 Å². The molecule has 4 saturated carbocycles. The molecule has 1 N–H and O–H groups in total.